The molecule has 1 rings (SSSR count). The largest absolute Gasteiger partial charge is 0.468 e. The van der Waals surface area contributed by atoms with Crippen molar-refractivity contribution in [1.29, 1.82) is 0 Å². The summed E-state index contributed by atoms with van der Waals surface area (Å²) in [5, 5.41) is 0. The van der Waals surface area contributed by atoms with Crippen LogP contribution in [0, 0.1) is 5.92 Å². The fourth-order valence-corrected chi connectivity index (χ4v) is 2.53. The molecule has 0 aromatic carbocycles. The van der Waals surface area contributed by atoms with E-state index in [4.69, 9.17) is 15.2 Å². The molecule has 0 spiro atoms. The SMILES string of the molecule is COC(=O)C(C)(N)CCCN(C)CC1CCCOC1. The van der Waals surface area contributed by atoms with Crippen LogP contribution in [-0.4, -0.2) is 56.9 Å². The Labute approximate surface area is 116 Å². The molecule has 1 fully saturated rings. The second-order valence-corrected chi connectivity index (χ2v) is 5.86. The van der Waals surface area contributed by atoms with E-state index in [2.05, 4.69) is 11.9 Å². The van der Waals surface area contributed by atoms with Crippen molar-refractivity contribution in [3.8, 4) is 0 Å². The summed E-state index contributed by atoms with van der Waals surface area (Å²) in [6, 6.07) is 0. The Hall–Kier alpha value is -0.650. The van der Waals surface area contributed by atoms with Crippen molar-refractivity contribution < 1.29 is 14.3 Å². The van der Waals surface area contributed by atoms with E-state index in [0.29, 0.717) is 12.3 Å². The quantitative estimate of drug-likeness (QED) is 0.701. The number of hydrogen-bond acceptors (Lipinski definition) is 5. The number of nitrogens with zero attached hydrogens (tertiary/aromatic N) is 1. The van der Waals surface area contributed by atoms with Crippen LogP contribution in [0.25, 0.3) is 0 Å². The lowest BCUT2D eigenvalue weighted by Gasteiger charge is -2.28. The Kier molecular flexibility index (Phi) is 6.75. The summed E-state index contributed by atoms with van der Waals surface area (Å²) >= 11 is 0. The van der Waals surface area contributed by atoms with Gasteiger partial charge < -0.3 is 20.1 Å². The molecule has 0 amide bonds. The van der Waals surface area contributed by atoms with Gasteiger partial charge in [-0.25, -0.2) is 0 Å². The van der Waals surface area contributed by atoms with Crippen molar-refractivity contribution in [2.24, 2.45) is 11.7 Å². The summed E-state index contributed by atoms with van der Waals surface area (Å²) in [6.45, 7) is 5.51. The van der Waals surface area contributed by atoms with Crippen molar-refractivity contribution in [2.75, 3.05) is 40.5 Å². The molecular formula is C14H28N2O3. The van der Waals surface area contributed by atoms with Crippen LogP contribution in [0.3, 0.4) is 0 Å². The lowest BCUT2D eigenvalue weighted by Crippen LogP contribution is -2.46. The zero-order valence-electron chi connectivity index (χ0n) is 12.5. The first-order chi connectivity index (χ1) is 8.95. The fourth-order valence-electron chi connectivity index (χ4n) is 2.53. The Morgan fingerprint density at radius 3 is 2.89 bits per heavy atom. The lowest BCUT2D eigenvalue weighted by molar-refractivity contribution is -0.146. The van der Waals surface area contributed by atoms with Crippen molar-refractivity contribution in [3.63, 3.8) is 0 Å². The standard InChI is InChI=1S/C14H28N2O3/c1-14(15,13(17)18-3)7-5-8-16(2)10-12-6-4-9-19-11-12/h12H,4-11,15H2,1-3H3. The maximum absolute atomic E-state index is 11.4. The Bertz CT molecular complexity index is 276. The molecule has 112 valence electrons. The molecule has 0 aliphatic carbocycles. The van der Waals surface area contributed by atoms with Crippen LogP contribution < -0.4 is 5.73 Å². The highest BCUT2D eigenvalue weighted by atomic mass is 16.5. The topological polar surface area (TPSA) is 64.8 Å². The molecule has 5 nitrogen and oxygen atoms in total. The van der Waals surface area contributed by atoms with E-state index in [-0.39, 0.29) is 5.97 Å². The highest BCUT2D eigenvalue weighted by Gasteiger charge is 2.28. The normalized spacial score (nSPS) is 23.1. The van der Waals surface area contributed by atoms with Crippen molar-refractivity contribution in [2.45, 2.75) is 38.1 Å². The second kappa shape index (κ2) is 7.82. The van der Waals surface area contributed by atoms with Gasteiger partial charge in [-0.1, -0.05) is 0 Å². The predicted molar refractivity (Wildman–Crippen MR) is 74.9 cm³/mol. The van der Waals surface area contributed by atoms with Gasteiger partial charge in [-0.05, 0) is 52.1 Å². The molecule has 1 heterocycles. The molecule has 2 unspecified atom stereocenters. The van der Waals surface area contributed by atoms with Crippen LogP contribution in [0.5, 0.6) is 0 Å². The summed E-state index contributed by atoms with van der Waals surface area (Å²) in [5.74, 6) is 0.305. The van der Waals surface area contributed by atoms with Crippen molar-refractivity contribution in [3.05, 3.63) is 0 Å². The third kappa shape index (κ3) is 5.89. The molecule has 1 aliphatic rings. The van der Waals surface area contributed by atoms with Gasteiger partial charge in [0.1, 0.15) is 5.54 Å². The number of methoxy groups -OCH3 is 1. The summed E-state index contributed by atoms with van der Waals surface area (Å²) in [7, 11) is 3.49. The van der Waals surface area contributed by atoms with Gasteiger partial charge in [0.05, 0.1) is 13.7 Å². The molecule has 1 saturated heterocycles. The summed E-state index contributed by atoms with van der Waals surface area (Å²) in [4.78, 5) is 13.7. The first kappa shape index (κ1) is 16.4. The van der Waals surface area contributed by atoms with Crippen LogP contribution in [0.2, 0.25) is 0 Å². The minimum Gasteiger partial charge on any atom is -0.468 e. The van der Waals surface area contributed by atoms with Crippen molar-refractivity contribution >= 4 is 5.97 Å². The van der Waals surface area contributed by atoms with Crippen LogP contribution in [-0.2, 0) is 14.3 Å². The van der Waals surface area contributed by atoms with Crippen LogP contribution in [0.15, 0.2) is 0 Å². The van der Waals surface area contributed by atoms with Gasteiger partial charge in [-0.3, -0.25) is 4.79 Å². The van der Waals surface area contributed by atoms with E-state index in [1.165, 1.54) is 20.0 Å². The van der Waals surface area contributed by atoms with Crippen molar-refractivity contribution in [1.82, 2.24) is 4.90 Å². The summed E-state index contributed by atoms with van der Waals surface area (Å²) in [6.07, 6.45) is 3.96. The molecule has 0 radical (unpaired) electrons. The summed E-state index contributed by atoms with van der Waals surface area (Å²) in [5.41, 5.74) is 5.06. The van der Waals surface area contributed by atoms with Gasteiger partial charge in [0, 0.05) is 13.2 Å². The number of ether oxygens (including phenoxy) is 2. The number of rotatable bonds is 7. The minimum absolute atomic E-state index is 0.337. The highest BCUT2D eigenvalue weighted by molar-refractivity contribution is 5.79. The van der Waals surface area contributed by atoms with Gasteiger partial charge >= 0.3 is 5.97 Å². The van der Waals surface area contributed by atoms with E-state index in [0.717, 1.165) is 32.7 Å². The van der Waals surface area contributed by atoms with E-state index >= 15 is 0 Å². The number of carbonyl (C=O) groups excluding carboxylic acids is 1. The number of hydrogen-bond donors (Lipinski definition) is 1. The Morgan fingerprint density at radius 2 is 2.32 bits per heavy atom. The van der Waals surface area contributed by atoms with Gasteiger partial charge in [0.25, 0.3) is 0 Å². The van der Waals surface area contributed by atoms with E-state index in [1.54, 1.807) is 6.92 Å². The molecule has 0 saturated carbocycles. The Balaban J connectivity index is 2.19. The van der Waals surface area contributed by atoms with E-state index < -0.39 is 5.54 Å². The maximum atomic E-state index is 11.4. The predicted octanol–water partition coefficient (Wildman–Crippen LogP) is 1.02. The lowest BCUT2D eigenvalue weighted by atomic mass is 9.97. The van der Waals surface area contributed by atoms with Gasteiger partial charge in [-0.2, -0.15) is 0 Å². The molecule has 2 atom stereocenters. The Morgan fingerprint density at radius 1 is 1.58 bits per heavy atom. The molecule has 0 aromatic rings. The molecule has 19 heavy (non-hydrogen) atoms. The second-order valence-electron chi connectivity index (χ2n) is 5.86. The molecule has 0 aromatic heterocycles. The van der Waals surface area contributed by atoms with Crippen LogP contribution >= 0.6 is 0 Å². The maximum Gasteiger partial charge on any atom is 0.325 e. The molecule has 0 bridgehead atoms. The molecule has 5 heteroatoms. The number of nitrogens with two attached hydrogens (primary N) is 1. The smallest absolute Gasteiger partial charge is 0.325 e. The first-order valence-electron chi connectivity index (χ1n) is 7.09. The third-order valence-electron chi connectivity index (χ3n) is 3.71. The van der Waals surface area contributed by atoms with E-state index in [1.807, 2.05) is 0 Å². The average Bonchev–Trinajstić information content (AvgIpc) is 2.38. The highest BCUT2D eigenvalue weighted by Crippen LogP contribution is 2.15. The zero-order valence-corrected chi connectivity index (χ0v) is 12.5. The number of esters is 1. The van der Waals surface area contributed by atoms with Crippen LogP contribution in [0.1, 0.15) is 32.6 Å². The minimum atomic E-state index is -0.871. The molecule has 1 aliphatic heterocycles. The zero-order chi connectivity index (χ0) is 14.3. The first-order valence-corrected chi connectivity index (χ1v) is 7.09. The fraction of sp³-hybridized carbons (Fsp3) is 0.929. The average molecular weight is 272 g/mol. The van der Waals surface area contributed by atoms with Gasteiger partial charge in [0.15, 0.2) is 0 Å². The molecular weight excluding hydrogens is 244 g/mol. The third-order valence-corrected chi connectivity index (χ3v) is 3.71. The number of carbonyl (C=O) groups is 1. The van der Waals surface area contributed by atoms with E-state index in [9.17, 15) is 4.79 Å². The summed E-state index contributed by atoms with van der Waals surface area (Å²) < 4.78 is 10.2. The van der Waals surface area contributed by atoms with Gasteiger partial charge in [0.2, 0.25) is 0 Å². The molecule has 2 N–H and O–H groups in total. The van der Waals surface area contributed by atoms with Crippen LogP contribution in [0.4, 0.5) is 0 Å². The van der Waals surface area contributed by atoms with Gasteiger partial charge in [-0.15, -0.1) is 0 Å². The monoisotopic (exact) mass is 272 g/mol.